The van der Waals surface area contributed by atoms with E-state index in [0.717, 1.165) is 31.3 Å². The number of benzene rings is 1. The van der Waals surface area contributed by atoms with Crippen LogP contribution >= 0.6 is 0 Å². The van der Waals surface area contributed by atoms with Crippen molar-refractivity contribution < 1.29 is 0 Å². The lowest BCUT2D eigenvalue weighted by Gasteiger charge is -2.24. The van der Waals surface area contributed by atoms with E-state index in [1.807, 2.05) is 12.3 Å². The molecule has 0 saturated carbocycles. The SMILES string of the molecule is [B]c1ccc2c(c1)c(CC(C)(C)CC)c(-c1cc(C)cnc1CC)n2CC. The van der Waals surface area contributed by atoms with Crippen molar-refractivity contribution in [3.63, 3.8) is 0 Å². The average Bonchev–Trinajstić information content (AvgIpc) is 2.93. The van der Waals surface area contributed by atoms with E-state index in [1.165, 1.54) is 39.0 Å². The third-order valence-electron chi connectivity index (χ3n) is 5.82. The maximum atomic E-state index is 6.19. The molecule has 3 rings (SSSR count). The molecule has 0 N–H and O–H groups in total. The van der Waals surface area contributed by atoms with Gasteiger partial charge in [0.25, 0.3) is 0 Å². The van der Waals surface area contributed by atoms with Gasteiger partial charge in [0.2, 0.25) is 0 Å². The lowest BCUT2D eigenvalue weighted by atomic mass is 9.81. The highest BCUT2D eigenvalue weighted by atomic mass is 15.0. The van der Waals surface area contributed by atoms with E-state index in [4.69, 9.17) is 12.8 Å². The summed E-state index contributed by atoms with van der Waals surface area (Å²) >= 11 is 0. The molecule has 0 saturated heterocycles. The van der Waals surface area contributed by atoms with Crippen LogP contribution in [0, 0.1) is 12.3 Å². The Labute approximate surface area is 165 Å². The third kappa shape index (κ3) is 3.70. The smallest absolute Gasteiger partial charge is 0.113 e. The van der Waals surface area contributed by atoms with Gasteiger partial charge >= 0.3 is 0 Å². The predicted molar refractivity (Wildman–Crippen MR) is 118 cm³/mol. The van der Waals surface area contributed by atoms with Crippen LogP contribution in [-0.4, -0.2) is 17.4 Å². The Kier molecular flexibility index (Phi) is 5.51. The summed E-state index contributed by atoms with van der Waals surface area (Å²) in [7, 11) is 6.19. The van der Waals surface area contributed by atoms with Gasteiger partial charge in [-0.1, -0.05) is 51.7 Å². The Hall–Kier alpha value is -2.03. The molecular weight excluding hydrogens is 327 g/mol. The lowest BCUT2D eigenvalue weighted by Crippen LogP contribution is -2.14. The molecule has 0 amide bonds. The molecule has 0 aliphatic rings. The number of pyridine rings is 1. The second kappa shape index (κ2) is 7.54. The zero-order valence-corrected chi connectivity index (χ0v) is 17.7. The standard InChI is InChI=1S/C24H31BN2/c1-7-21-19(12-16(4)15-26-21)23-20(14-24(5,6)8-2)18-13-17(25)10-11-22(18)27(23)9-3/h10-13,15H,7-9,14H2,1-6H3. The summed E-state index contributed by atoms with van der Waals surface area (Å²) in [4.78, 5) is 4.76. The summed E-state index contributed by atoms with van der Waals surface area (Å²) in [6.45, 7) is 14.5. The fraction of sp³-hybridized carbons (Fsp3) is 0.458. The van der Waals surface area contributed by atoms with Gasteiger partial charge in [0.1, 0.15) is 7.85 Å². The Balaban J connectivity index is 2.42. The summed E-state index contributed by atoms with van der Waals surface area (Å²) in [5, 5.41) is 1.29. The Morgan fingerprint density at radius 1 is 1.11 bits per heavy atom. The Morgan fingerprint density at radius 3 is 2.48 bits per heavy atom. The summed E-state index contributed by atoms with van der Waals surface area (Å²) in [6.07, 6.45) is 5.08. The van der Waals surface area contributed by atoms with Gasteiger partial charge in [-0.2, -0.15) is 0 Å². The maximum Gasteiger partial charge on any atom is 0.113 e. The molecular formula is C24H31BN2. The van der Waals surface area contributed by atoms with Gasteiger partial charge in [0.05, 0.1) is 5.69 Å². The highest BCUT2D eigenvalue weighted by Crippen LogP contribution is 2.39. The fourth-order valence-corrected chi connectivity index (χ4v) is 3.94. The molecule has 2 nitrogen and oxygen atoms in total. The van der Waals surface area contributed by atoms with Crippen molar-refractivity contribution in [3.05, 3.63) is 47.3 Å². The number of hydrogen-bond acceptors (Lipinski definition) is 1. The van der Waals surface area contributed by atoms with Crippen molar-refractivity contribution in [2.75, 3.05) is 0 Å². The minimum Gasteiger partial charge on any atom is -0.340 e. The van der Waals surface area contributed by atoms with Crippen molar-refractivity contribution >= 4 is 24.2 Å². The van der Waals surface area contributed by atoms with E-state index in [0.29, 0.717) is 0 Å². The molecule has 0 spiro atoms. The fourth-order valence-electron chi connectivity index (χ4n) is 3.94. The van der Waals surface area contributed by atoms with Gasteiger partial charge in [-0.25, -0.2) is 0 Å². The number of fused-ring (bicyclic) bond motifs is 1. The first-order valence-corrected chi connectivity index (χ1v) is 10.2. The lowest BCUT2D eigenvalue weighted by molar-refractivity contribution is 0.350. The molecule has 2 aromatic heterocycles. The molecule has 0 aliphatic heterocycles. The van der Waals surface area contributed by atoms with Crippen molar-refractivity contribution in [2.45, 2.75) is 67.3 Å². The van der Waals surface area contributed by atoms with Crippen LogP contribution in [0.1, 0.15) is 57.9 Å². The second-order valence-corrected chi connectivity index (χ2v) is 8.40. The van der Waals surface area contributed by atoms with Gasteiger partial charge in [0.15, 0.2) is 0 Å². The average molecular weight is 358 g/mol. The van der Waals surface area contributed by atoms with Crippen molar-refractivity contribution in [1.82, 2.24) is 9.55 Å². The number of rotatable bonds is 6. The van der Waals surface area contributed by atoms with Crippen LogP contribution < -0.4 is 5.46 Å². The molecule has 0 aliphatic carbocycles. The van der Waals surface area contributed by atoms with Gasteiger partial charge < -0.3 is 4.57 Å². The highest BCUT2D eigenvalue weighted by molar-refractivity contribution is 6.33. The predicted octanol–water partition coefficient (Wildman–Crippen LogP) is 5.37. The van der Waals surface area contributed by atoms with E-state index in [-0.39, 0.29) is 5.41 Å². The molecule has 140 valence electrons. The first-order chi connectivity index (χ1) is 12.8. The van der Waals surface area contributed by atoms with Crippen LogP contribution in [-0.2, 0) is 19.4 Å². The molecule has 0 atom stereocenters. The molecule has 2 radical (unpaired) electrons. The van der Waals surface area contributed by atoms with Crippen LogP contribution in [0.3, 0.4) is 0 Å². The molecule has 0 unspecified atom stereocenters. The zero-order chi connectivity index (χ0) is 19.8. The van der Waals surface area contributed by atoms with Crippen LogP contribution in [0.2, 0.25) is 0 Å². The zero-order valence-electron chi connectivity index (χ0n) is 17.7. The molecule has 27 heavy (non-hydrogen) atoms. The first kappa shape index (κ1) is 19.7. The largest absolute Gasteiger partial charge is 0.340 e. The van der Waals surface area contributed by atoms with E-state index >= 15 is 0 Å². The first-order valence-electron chi connectivity index (χ1n) is 10.2. The molecule has 2 heterocycles. The Bertz CT molecular complexity index is 966. The normalized spacial score (nSPS) is 12.1. The topological polar surface area (TPSA) is 17.8 Å². The maximum absolute atomic E-state index is 6.19. The van der Waals surface area contributed by atoms with E-state index < -0.39 is 0 Å². The summed E-state index contributed by atoms with van der Waals surface area (Å²) in [5.41, 5.74) is 8.72. The van der Waals surface area contributed by atoms with Crippen LogP contribution in [0.15, 0.2) is 30.5 Å². The second-order valence-electron chi connectivity index (χ2n) is 8.40. The summed E-state index contributed by atoms with van der Waals surface area (Å²) in [6, 6.07) is 8.65. The van der Waals surface area contributed by atoms with Gasteiger partial charge in [-0.15, -0.1) is 0 Å². The van der Waals surface area contributed by atoms with E-state index in [1.54, 1.807) is 0 Å². The monoisotopic (exact) mass is 358 g/mol. The minimum absolute atomic E-state index is 0.232. The number of nitrogens with zero attached hydrogens (tertiary/aromatic N) is 2. The number of aromatic nitrogens is 2. The third-order valence-corrected chi connectivity index (χ3v) is 5.82. The van der Waals surface area contributed by atoms with Gasteiger partial charge in [-0.05, 0) is 55.4 Å². The van der Waals surface area contributed by atoms with Crippen LogP contribution in [0.5, 0.6) is 0 Å². The molecule has 0 fully saturated rings. The van der Waals surface area contributed by atoms with Gasteiger partial charge in [-0.3, -0.25) is 4.98 Å². The summed E-state index contributed by atoms with van der Waals surface area (Å²) in [5.74, 6) is 0. The van der Waals surface area contributed by atoms with E-state index in [9.17, 15) is 0 Å². The van der Waals surface area contributed by atoms with Crippen LogP contribution in [0.4, 0.5) is 0 Å². The van der Waals surface area contributed by atoms with Crippen molar-refractivity contribution in [1.29, 1.82) is 0 Å². The Morgan fingerprint density at radius 2 is 1.85 bits per heavy atom. The highest BCUT2D eigenvalue weighted by Gasteiger charge is 2.25. The molecule has 0 bridgehead atoms. The minimum atomic E-state index is 0.232. The molecule has 1 aromatic carbocycles. The number of aryl methyl sites for hydroxylation is 3. The molecule has 3 aromatic rings. The van der Waals surface area contributed by atoms with Gasteiger partial charge in [0, 0.05) is 34.9 Å². The number of hydrogen-bond donors (Lipinski definition) is 0. The van der Waals surface area contributed by atoms with Crippen molar-refractivity contribution in [3.8, 4) is 11.3 Å². The quantitative estimate of drug-likeness (QED) is 0.542. The molecule has 3 heteroatoms. The van der Waals surface area contributed by atoms with E-state index in [2.05, 4.69) is 64.3 Å². The van der Waals surface area contributed by atoms with Crippen molar-refractivity contribution in [2.24, 2.45) is 5.41 Å². The summed E-state index contributed by atoms with van der Waals surface area (Å²) < 4.78 is 2.45. The van der Waals surface area contributed by atoms with Crippen LogP contribution in [0.25, 0.3) is 22.2 Å².